The highest BCUT2D eigenvalue weighted by atomic mass is 16.5. The number of ether oxygens (including phenoxy) is 1. The number of benzene rings is 1. The molecule has 20 heavy (non-hydrogen) atoms. The van der Waals surface area contributed by atoms with Crippen molar-refractivity contribution in [3.8, 4) is 0 Å². The van der Waals surface area contributed by atoms with Crippen LogP contribution in [0.3, 0.4) is 0 Å². The van der Waals surface area contributed by atoms with Gasteiger partial charge in [-0.15, -0.1) is 0 Å². The fourth-order valence-electron chi connectivity index (χ4n) is 3.28. The molecule has 0 aromatic heterocycles. The van der Waals surface area contributed by atoms with E-state index >= 15 is 0 Å². The summed E-state index contributed by atoms with van der Waals surface area (Å²) in [5.41, 5.74) is 1.44. The maximum Gasteiger partial charge on any atom is 0.325 e. The first-order valence-corrected chi connectivity index (χ1v) is 6.88. The number of hydrogen-bond acceptors (Lipinski definition) is 4. The number of rotatable bonds is 2. The molecule has 1 aromatic rings. The highest BCUT2D eigenvalue weighted by Gasteiger charge is 2.51. The molecule has 0 aliphatic carbocycles. The van der Waals surface area contributed by atoms with Crippen LogP contribution in [0.15, 0.2) is 24.3 Å². The number of carbonyl (C=O) groups excluding carboxylic acids is 2. The Kier molecular flexibility index (Phi) is 3.22. The van der Waals surface area contributed by atoms with Crippen molar-refractivity contribution in [3.63, 3.8) is 0 Å². The van der Waals surface area contributed by atoms with Gasteiger partial charge in [-0.05, 0) is 37.6 Å². The SMILES string of the molecule is COC(=O)CN1C(=O)C2(CCNCC2)c2ccccc21. The molecular formula is C15H18N2O3. The van der Waals surface area contributed by atoms with Crippen LogP contribution >= 0.6 is 0 Å². The Hall–Kier alpha value is -1.88. The number of anilines is 1. The predicted molar refractivity (Wildman–Crippen MR) is 74.6 cm³/mol. The number of nitrogens with zero attached hydrogens (tertiary/aromatic N) is 1. The van der Waals surface area contributed by atoms with Crippen LogP contribution < -0.4 is 10.2 Å². The summed E-state index contributed by atoms with van der Waals surface area (Å²) in [5, 5.41) is 3.29. The minimum absolute atomic E-state index is 0.0124. The average molecular weight is 274 g/mol. The van der Waals surface area contributed by atoms with Gasteiger partial charge in [0.05, 0.1) is 12.5 Å². The lowest BCUT2D eigenvalue weighted by Gasteiger charge is -2.32. The predicted octanol–water partition coefficient (Wildman–Crippen LogP) is 0.827. The molecule has 0 saturated carbocycles. The lowest BCUT2D eigenvalue weighted by molar-refractivity contribution is -0.140. The van der Waals surface area contributed by atoms with Gasteiger partial charge in [0.1, 0.15) is 6.54 Å². The van der Waals surface area contributed by atoms with E-state index in [1.165, 1.54) is 7.11 Å². The van der Waals surface area contributed by atoms with Gasteiger partial charge in [0, 0.05) is 5.69 Å². The van der Waals surface area contributed by atoms with E-state index in [9.17, 15) is 9.59 Å². The Balaban J connectivity index is 2.03. The van der Waals surface area contributed by atoms with Gasteiger partial charge in [0.15, 0.2) is 0 Å². The van der Waals surface area contributed by atoms with Crippen molar-refractivity contribution in [2.75, 3.05) is 31.6 Å². The zero-order valence-corrected chi connectivity index (χ0v) is 11.5. The molecule has 2 aliphatic heterocycles. The average Bonchev–Trinajstić information content (AvgIpc) is 2.71. The Morgan fingerprint density at radius 2 is 2.05 bits per heavy atom. The largest absolute Gasteiger partial charge is 0.468 e. The van der Waals surface area contributed by atoms with Crippen molar-refractivity contribution in [2.24, 2.45) is 0 Å². The summed E-state index contributed by atoms with van der Waals surface area (Å²) in [6.45, 7) is 1.64. The molecule has 1 amide bonds. The van der Waals surface area contributed by atoms with E-state index in [1.807, 2.05) is 24.3 Å². The number of nitrogens with one attached hydrogen (secondary N) is 1. The van der Waals surface area contributed by atoms with Crippen LogP contribution in [0, 0.1) is 0 Å². The van der Waals surface area contributed by atoms with Gasteiger partial charge < -0.3 is 15.0 Å². The molecule has 1 saturated heterocycles. The molecule has 1 N–H and O–H groups in total. The number of fused-ring (bicyclic) bond motifs is 2. The molecule has 106 valence electrons. The molecule has 2 aliphatic rings. The van der Waals surface area contributed by atoms with Crippen LogP contribution in [0.25, 0.3) is 0 Å². The van der Waals surface area contributed by atoms with E-state index < -0.39 is 5.41 Å². The number of carbonyl (C=O) groups is 2. The lowest BCUT2D eigenvalue weighted by atomic mass is 9.74. The molecule has 3 rings (SSSR count). The maximum atomic E-state index is 12.9. The van der Waals surface area contributed by atoms with Crippen LogP contribution in [0.1, 0.15) is 18.4 Å². The van der Waals surface area contributed by atoms with E-state index in [1.54, 1.807) is 4.90 Å². The molecule has 0 bridgehead atoms. The number of para-hydroxylation sites is 1. The second kappa shape index (κ2) is 4.90. The molecule has 0 unspecified atom stereocenters. The summed E-state index contributed by atoms with van der Waals surface area (Å²) >= 11 is 0. The Morgan fingerprint density at radius 1 is 1.35 bits per heavy atom. The number of methoxy groups -OCH3 is 1. The van der Waals surface area contributed by atoms with Gasteiger partial charge in [0.25, 0.3) is 0 Å². The number of piperidine rings is 1. The van der Waals surface area contributed by atoms with E-state index in [0.717, 1.165) is 37.2 Å². The van der Waals surface area contributed by atoms with Gasteiger partial charge in [0.2, 0.25) is 5.91 Å². The van der Waals surface area contributed by atoms with Crippen molar-refractivity contribution in [3.05, 3.63) is 29.8 Å². The first-order chi connectivity index (χ1) is 9.69. The third-order valence-electron chi connectivity index (χ3n) is 4.34. The van der Waals surface area contributed by atoms with E-state index in [2.05, 4.69) is 5.32 Å². The van der Waals surface area contributed by atoms with E-state index in [-0.39, 0.29) is 18.4 Å². The van der Waals surface area contributed by atoms with Gasteiger partial charge in [-0.1, -0.05) is 18.2 Å². The highest BCUT2D eigenvalue weighted by molar-refractivity contribution is 6.10. The molecule has 5 nitrogen and oxygen atoms in total. The molecule has 0 atom stereocenters. The number of amides is 1. The molecule has 1 fully saturated rings. The third kappa shape index (κ3) is 1.81. The fourth-order valence-corrected chi connectivity index (χ4v) is 3.28. The van der Waals surface area contributed by atoms with Crippen LogP contribution in [0.2, 0.25) is 0 Å². The monoisotopic (exact) mass is 274 g/mol. The summed E-state index contributed by atoms with van der Waals surface area (Å²) in [4.78, 5) is 26.0. The van der Waals surface area contributed by atoms with Gasteiger partial charge in [-0.3, -0.25) is 9.59 Å². The zero-order valence-electron chi connectivity index (χ0n) is 11.5. The van der Waals surface area contributed by atoms with E-state index in [0.29, 0.717) is 0 Å². The summed E-state index contributed by atoms with van der Waals surface area (Å²) in [7, 11) is 1.34. The Morgan fingerprint density at radius 3 is 2.75 bits per heavy atom. The Labute approximate surface area is 117 Å². The summed E-state index contributed by atoms with van der Waals surface area (Å²) < 4.78 is 4.71. The summed E-state index contributed by atoms with van der Waals surface area (Å²) in [5.74, 6) is -0.357. The van der Waals surface area contributed by atoms with Crippen molar-refractivity contribution in [1.82, 2.24) is 5.32 Å². The molecule has 0 radical (unpaired) electrons. The summed E-state index contributed by atoms with van der Waals surface area (Å²) in [6, 6.07) is 7.77. The first-order valence-electron chi connectivity index (χ1n) is 6.88. The quantitative estimate of drug-likeness (QED) is 0.812. The zero-order chi connectivity index (χ0) is 14.2. The van der Waals surface area contributed by atoms with Gasteiger partial charge >= 0.3 is 5.97 Å². The van der Waals surface area contributed by atoms with Crippen LogP contribution in [-0.2, 0) is 19.7 Å². The molecular weight excluding hydrogens is 256 g/mol. The maximum absolute atomic E-state index is 12.9. The topological polar surface area (TPSA) is 58.6 Å². The van der Waals surface area contributed by atoms with Crippen molar-refractivity contribution >= 4 is 17.6 Å². The van der Waals surface area contributed by atoms with Crippen molar-refractivity contribution < 1.29 is 14.3 Å². The molecule has 5 heteroatoms. The molecule has 1 spiro atoms. The van der Waals surface area contributed by atoms with Crippen LogP contribution in [-0.4, -0.2) is 38.6 Å². The summed E-state index contributed by atoms with van der Waals surface area (Å²) in [6.07, 6.45) is 1.56. The van der Waals surface area contributed by atoms with Crippen molar-refractivity contribution in [2.45, 2.75) is 18.3 Å². The smallest absolute Gasteiger partial charge is 0.325 e. The van der Waals surface area contributed by atoms with E-state index in [4.69, 9.17) is 4.74 Å². The second-order valence-corrected chi connectivity index (χ2v) is 5.32. The number of esters is 1. The van der Waals surface area contributed by atoms with Crippen molar-refractivity contribution in [1.29, 1.82) is 0 Å². The standard InChI is InChI=1S/C15H18N2O3/c1-20-13(18)10-17-12-5-3-2-4-11(12)15(14(17)19)6-8-16-9-7-15/h2-5,16H,6-10H2,1H3. The highest BCUT2D eigenvalue weighted by Crippen LogP contribution is 2.46. The lowest BCUT2D eigenvalue weighted by Crippen LogP contribution is -2.48. The fraction of sp³-hybridized carbons (Fsp3) is 0.467. The second-order valence-electron chi connectivity index (χ2n) is 5.32. The minimum Gasteiger partial charge on any atom is -0.468 e. The first kappa shape index (κ1) is 13.1. The minimum atomic E-state index is -0.462. The normalized spacial score (nSPS) is 20.1. The van der Waals surface area contributed by atoms with Crippen LogP contribution in [0.5, 0.6) is 0 Å². The molecule has 1 aromatic carbocycles. The van der Waals surface area contributed by atoms with Gasteiger partial charge in [-0.25, -0.2) is 0 Å². The Bertz CT molecular complexity index is 550. The third-order valence-corrected chi connectivity index (χ3v) is 4.34. The molecule has 2 heterocycles. The van der Waals surface area contributed by atoms with Gasteiger partial charge in [-0.2, -0.15) is 0 Å². The number of hydrogen-bond donors (Lipinski definition) is 1. The van der Waals surface area contributed by atoms with Crippen LogP contribution in [0.4, 0.5) is 5.69 Å².